The van der Waals surface area contributed by atoms with Crippen molar-refractivity contribution in [1.82, 2.24) is 0 Å². The van der Waals surface area contributed by atoms with Crippen molar-refractivity contribution in [3.05, 3.63) is 29.6 Å². The highest BCUT2D eigenvalue weighted by atomic mass is 19.1. The third kappa shape index (κ3) is 4.22. The van der Waals surface area contributed by atoms with E-state index in [2.05, 4.69) is 5.32 Å². The van der Waals surface area contributed by atoms with E-state index in [1.165, 1.54) is 6.07 Å². The third-order valence-corrected chi connectivity index (χ3v) is 2.28. The highest BCUT2D eigenvalue weighted by Crippen LogP contribution is 2.15. The first-order valence-electron chi connectivity index (χ1n) is 5.33. The van der Waals surface area contributed by atoms with E-state index in [9.17, 15) is 14.0 Å². The number of halogens is 1. The number of carboxylic acid groups (broad SMARTS) is 1. The van der Waals surface area contributed by atoms with Crippen molar-refractivity contribution < 1.29 is 19.1 Å². The molecule has 0 aliphatic heterocycles. The van der Waals surface area contributed by atoms with Gasteiger partial charge in [-0.15, -0.1) is 0 Å². The third-order valence-electron chi connectivity index (χ3n) is 2.28. The number of anilines is 1. The van der Waals surface area contributed by atoms with E-state index >= 15 is 0 Å². The van der Waals surface area contributed by atoms with Gasteiger partial charge in [-0.1, -0.05) is 13.0 Å². The van der Waals surface area contributed by atoms with Crippen LogP contribution < -0.4 is 5.32 Å². The molecule has 0 spiro atoms. The van der Waals surface area contributed by atoms with Crippen molar-refractivity contribution in [3.8, 4) is 0 Å². The van der Waals surface area contributed by atoms with E-state index in [4.69, 9.17) is 5.11 Å². The highest BCUT2D eigenvalue weighted by molar-refractivity contribution is 5.92. The fourth-order valence-electron chi connectivity index (χ4n) is 1.36. The standard InChI is InChI=1S/C12H14FNO3/c1-2-8-3-4-9(7-10(8)13)14-11(15)5-6-12(16)17/h3-4,7H,2,5-6H2,1H3,(H,14,15)(H,16,17). The molecule has 0 aliphatic rings. The molecule has 0 heterocycles. The second-order valence-electron chi connectivity index (χ2n) is 3.60. The number of hydrogen-bond donors (Lipinski definition) is 2. The van der Waals surface area contributed by atoms with Gasteiger partial charge in [0, 0.05) is 12.1 Å². The number of hydrogen-bond acceptors (Lipinski definition) is 2. The molecular formula is C12H14FNO3. The molecule has 2 N–H and O–H groups in total. The lowest BCUT2D eigenvalue weighted by Crippen LogP contribution is -2.13. The predicted octanol–water partition coefficient (Wildman–Crippen LogP) is 2.19. The molecule has 4 nitrogen and oxygen atoms in total. The molecule has 1 amide bonds. The summed E-state index contributed by atoms with van der Waals surface area (Å²) in [6.45, 7) is 1.84. The van der Waals surface area contributed by atoms with Crippen molar-refractivity contribution in [3.63, 3.8) is 0 Å². The van der Waals surface area contributed by atoms with Crippen LogP contribution in [0, 0.1) is 5.82 Å². The Morgan fingerprint density at radius 2 is 2.06 bits per heavy atom. The summed E-state index contributed by atoms with van der Waals surface area (Å²) in [4.78, 5) is 21.5. The molecule has 0 atom stereocenters. The van der Waals surface area contributed by atoms with Crippen molar-refractivity contribution in [2.24, 2.45) is 0 Å². The largest absolute Gasteiger partial charge is 0.481 e. The number of benzene rings is 1. The van der Waals surface area contributed by atoms with E-state index in [0.29, 0.717) is 17.7 Å². The SMILES string of the molecule is CCc1ccc(NC(=O)CCC(=O)O)cc1F. The first-order valence-corrected chi connectivity index (χ1v) is 5.33. The maximum Gasteiger partial charge on any atom is 0.303 e. The Balaban J connectivity index is 2.60. The van der Waals surface area contributed by atoms with Crippen LogP contribution in [0.3, 0.4) is 0 Å². The van der Waals surface area contributed by atoms with Crippen molar-refractivity contribution in [1.29, 1.82) is 0 Å². The molecular weight excluding hydrogens is 225 g/mol. The molecule has 0 unspecified atom stereocenters. The zero-order chi connectivity index (χ0) is 12.8. The number of amides is 1. The van der Waals surface area contributed by atoms with Crippen molar-refractivity contribution in [2.45, 2.75) is 26.2 Å². The lowest BCUT2D eigenvalue weighted by molar-refractivity contribution is -0.138. The average Bonchev–Trinajstić information content (AvgIpc) is 2.26. The lowest BCUT2D eigenvalue weighted by atomic mass is 10.1. The van der Waals surface area contributed by atoms with Crippen LogP contribution in [0.25, 0.3) is 0 Å². The minimum atomic E-state index is -1.03. The molecule has 0 radical (unpaired) electrons. The summed E-state index contributed by atoms with van der Waals surface area (Å²) >= 11 is 0. The van der Waals surface area contributed by atoms with Gasteiger partial charge in [0.2, 0.25) is 5.91 Å². The van der Waals surface area contributed by atoms with Gasteiger partial charge in [-0.2, -0.15) is 0 Å². The number of carboxylic acids is 1. The maximum atomic E-state index is 13.4. The van der Waals surface area contributed by atoms with Crippen LogP contribution in [0.5, 0.6) is 0 Å². The number of aliphatic carboxylic acids is 1. The van der Waals surface area contributed by atoms with E-state index in [1.54, 1.807) is 12.1 Å². The molecule has 0 fully saturated rings. The molecule has 0 saturated carbocycles. The summed E-state index contributed by atoms with van der Waals surface area (Å²) in [6, 6.07) is 4.43. The number of rotatable bonds is 5. The first-order chi connectivity index (χ1) is 8.02. The molecule has 1 rings (SSSR count). The summed E-state index contributed by atoms with van der Waals surface area (Å²) < 4.78 is 13.4. The van der Waals surface area contributed by atoms with Gasteiger partial charge in [0.15, 0.2) is 0 Å². The first kappa shape index (κ1) is 13.2. The fraction of sp³-hybridized carbons (Fsp3) is 0.333. The van der Waals surface area contributed by atoms with Gasteiger partial charge in [-0.25, -0.2) is 4.39 Å². The molecule has 1 aromatic carbocycles. The second kappa shape index (κ2) is 5.98. The zero-order valence-corrected chi connectivity index (χ0v) is 9.50. The van der Waals surface area contributed by atoms with E-state index in [1.807, 2.05) is 6.92 Å². The van der Waals surface area contributed by atoms with Crippen molar-refractivity contribution >= 4 is 17.6 Å². The summed E-state index contributed by atoms with van der Waals surface area (Å²) in [7, 11) is 0. The molecule has 92 valence electrons. The van der Waals surface area contributed by atoms with Crippen LogP contribution in [-0.4, -0.2) is 17.0 Å². The van der Waals surface area contributed by atoms with Gasteiger partial charge in [0.1, 0.15) is 5.82 Å². The second-order valence-corrected chi connectivity index (χ2v) is 3.60. The smallest absolute Gasteiger partial charge is 0.303 e. The van der Waals surface area contributed by atoms with E-state index < -0.39 is 11.9 Å². The monoisotopic (exact) mass is 239 g/mol. The lowest BCUT2D eigenvalue weighted by Gasteiger charge is -2.06. The quantitative estimate of drug-likeness (QED) is 0.827. The maximum absolute atomic E-state index is 13.4. The number of aryl methyl sites for hydroxylation is 1. The van der Waals surface area contributed by atoms with Crippen LogP contribution in [0.1, 0.15) is 25.3 Å². The molecule has 5 heteroatoms. The van der Waals surface area contributed by atoms with Crippen molar-refractivity contribution in [2.75, 3.05) is 5.32 Å². The Bertz CT molecular complexity index is 432. The predicted molar refractivity (Wildman–Crippen MR) is 61.3 cm³/mol. The Hall–Kier alpha value is -1.91. The minimum Gasteiger partial charge on any atom is -0.481 e. The minimum absolute atomic E-state index is 0.119. The number of carbonyl (C=O) groups excluding carboxylic acids is 1. The molecule has 0 aromatic heterocycles. The topological polar surface area (TPSA) is 66.4 Å². The normalized spacial score (nSPS) is 10.0. The van der Waals surface area contributed by atoms with Gasteiger partial charge in [0.05, 0.1) is 6.42 Å². The zero-order valence-electron chi connectivity index (χ0n) is 9.50. The van der Waals surface area contributed by atoms with Gasteiger partial charge in [0.25, 0.3) is 0 Å². The van der Waals surface area contributed by atoms with Gasteiger partial charge >= 0.3 is 5.97 Å². The van der Waals surface area contributed by atoms with Crippen LogP contribution >= 0.6 is 0 Å². The van der Waals surface area contributed by atoms with E-state index in [-0.39, 0.29) is 18.7 Å². The summed E-state index contributed by atoms with van der Waals surface area (Å²) in [5.74, 6) is -1.84. The van der Waals surface area contributed by atoms with Gasteiger partial charge in [-0.3, -0.25) is 9.59 Å². The summed E-state index contributed by atoms with van der Waals surface area (Å²) in [6.07, 6.45) is 0.229. The van der Waals surface area contributed by atoms with E-state index in [0.717, 1.165) is 0 Å². The Kier molecular flexibility index (Phi) is 4.63. The van der Waals surface area contributed by atoms with Crippen LogP contribution in [-0.2, 0) is 16.0 Å². The van der Waals surface area contributed by atoms with Crippen LogP contribution in [0.15, 0.2) is 18.2 Å². The molecule has 0 bridgehead atoms. The van der Waals surface area contributed by atoms with Crippen LogP contribution in [0.2, 0.25) is 0 Å². The summed E-state index contributed by atoms with van der Waals surface area (Å²) in [5.41, 5.74) is 0.920. The molecule has 17 heavy (non-hydrogen) atoms. The average molecular weight is 239 g/mol. The molecule has 0 saturated heterocycles. The van der Waals surface area contributed by atoms with Gasteiger partial charge < -0.3 is 10.4 Å². The number of carbonyl (C=O) groups is 2. The summed E-state index contributed by atoms with van der Waals surface area (Å²) in [5, 5.41) is 10.8. The Labute approximate surface area is 98.5 Å². The molecule has 1 aromatic rings. The van der Waals surface area contributed by atoms with Gasteiger partial charge in [-0.05, 0) is 24.1 Å². The Morgan fingerprint density at radius 3 is 2.59 bits per heavy atom. The fourth-order valence-corrected chi connectivity index (χ4v) is 1.36. The highest BCUT2D eigenvalue weighted by Gasteiger charge is 2.07. The number of nitrogens with one attached hydrogen (secondary N) is 1. The molecule has 0 aliphatic carbocycles. The van der Waals surface area contributed by atoms with Crippen LogP contribution in [0.4, 0.5) is 10.1 Å². The Morgan fingerprint density at radius 1 is 1.35 bits per heavy atom.